The molecule has 12 heteroatoms. The Morgan fingerprint density at radius 1 is 1.30 bits per heavy atom. The van der Waals surface area contributed by atoms with E-state index in [4.69, 9.17) is 5.14 Å². The van der Waals surface area contributed by atoms with Crippen molar-refractivity contribution in [2.45, 2.75) is 4.90 Å². The van der Waals surface area contributed by atoms with Crippen molar-refractivity contribution in [3.05, 3.63) is 24.0 Å². The van der Waals surface area contributed by atoms with Gasteiger partial charge in [-0.25, -0.2) is 27.5 Å². The lowest BCUT2D eigenvalue weighted by Gasteiger charge is -2.10. The number of nitrogens with two attached hydrogens (primary N) is 1. The maximum atomic E-state index is 13.4. The molecule has 0 aromatic heterocycles. The third kappa shape index (κ3) is 4.32. The van der Waals surface area contributed by atoms with Crippen LogP contribution in [-0.2, 0) is 25.0 Å². The lowest BCUT2D eigenvalue weighted by atomic mass is 10.3. The summed E-state index contributed by atoms with van der Waals surface area (Å²) >= 11 is 0. The van der Waals surface area contributed by atoms with Crippen LogP contribution >= 0.6 is 0 Å². The van der Waals surface area contributed by atoms with Crippen LogP contribution in [0, 0.1) is 5.82 Å². The molecule has 0 saturated heterocycles. The fourth-order valence-electron chi connectivity index (χ4n) is 1.08. The minimum Gasteiger partial charge on any atom is -0.452 e. The number of ether oxygens (including phenoxy) is 1. The third-order valence-corrected chi connectivity index (χ3v) is 3.75. The van der Waals surface area contributed by atoms with Crippen molar-refractivity contribution in [3.8, 4) is 0 Å². The molecule has 0 fully saturated rings. The first-order chi connectivity index (χ1) is 9.05. The minimum absolute atomic E-state index is 0.505. The number of sulfonamides is 1. The molecule has 1 aromatic carbocycles. The summed E-state index contributed by atoms with van der Waals surface area (Å²) in [6.45, 7) is 0. The molecule has 0 atom stereocenters. The molecule has 1 rings (SSSR count). The first-order valence-corrected chi connectivity index (χ1v) is 7.79. The molecule has 0 aliphatic rings. The average Bonchev–Trinajstić information content (AvgIpc) is 2.29. The predicted octanol–water partition coefficient (Wildman–Crippen LogP) is -0.514. The summed E-state index contributed by atoms with van der Waals surface area (Å²) in [5, 5.41) is 4.82. The van der Waals surface area contributed by atoms with E-state index in [1.54, 1.807) is 4.72 Å². The second-order valence-corrected chi connectivity index (χ2v) is 6.36. The van der Waals surface area contributed by atoms with Crippen LogP contribution in [0.5, 0.6) is 0 Å². The number of methoxy groups -OCH3 is 1. The molecule has 1 aromatic rings. The molecule has 0 spiro atoms. The Labute approximate surface area is 114 Å². The Balaban J connectivity index is 3.12. The van der Waals surface area contributed by atoms with Crippen molar-refractivity contribution in [1.82, 2.24) is 4.72 Å². The van der Waals surface area contributed by atoms with Crippen LogP contribution in [0.3, 0.4) is 0 Å². The highest BCUT2D eigenvalue weighted by Gasteiger charge is 2.18. The van der Waals surface area contributed by atoms with E-state index < -0.39 is 42.7 Å². The van der Waals surface area contributed by atoms with Gasteiger partial charge >= 0.3 is 16.3 Å². The number of nitrogens with one attached hydrogen (secondary N) is 2. The lowest BCUT2D eigenvalue weighted by Crippen LogP contribution is -2.35. The number of hydrogen-bond donors (Lipinski definition) is 3. The van der Waals surface area contributed by atoms with E-state index >= 15 is 0 Å². The van der Waals surface area contributed by atoms with Crippen LogP contribution in [0.15, 0.2) is 23.1 Å². The molecule has 0 aliphatic heterocycles. The molecule has 1 amide bonds. The number of halogens is 1. The van der Waals surface area contributed by atoms with Crippen molar-refractivity contribution in [1.29, 1.82) is 0 Å². The highest BCUT2D eigenvalue weighted by Crippen LogP contribution is 2.19. The number of carbonyl (C=O) groups excluding carboxylic acids is 1. The van der Waals surface area contributed by atoms with E-state index in [0.29, 0.717) is 12.1 Å². The number of benzene rings is 1. The Morgan fingerprint density at radius 3 is 2.40 bits per heavy atom. The quantitative estimate of drug-likeness (QED) is 0.679. The Kier molecular flexibility index (Phi) is 4.52. The normalized spacial score (nSPS) is 11.8. The highest BCUT2D eigenvalue weighted by atomic mass is 32.2. The Morgan fingerprint density at radius 2 is 1.90 bits per heavy atom. The van der Waals surface area contributed by atoms with Crippen molar-refractivity contribution < 1.29 is 30.8 Å². The van der Waals surface area contributed by atoms with Gasteiger partial charge in [0.05, 0.1) is 17.7 Å². The smallest absolute Gasteiger partial charge is 0.422 e. The van der Waals surface area contributed by atoms with Gasteiger partial charge in [0.15, 0.2) is 0 Å². The van der Waals surface area contributed by atoms with Gasteiger partial charge in [0.2, 0.25) is 10.0 Å². The molecular weight excluding hydrogens is 317 g/mol. The van der Waals surface area contributed by atoms with Crippen molar-refractivity contribution in [2.75, 3.05) is 11.8 Å². The molecule has 0 saturated carbocycles. The lowest BCUT2D eigenvalue weighted by molar-refractivity contribution is 0.177. The molecule has 0 radical (unpaired) electrons. The van der Waals surface area contributed by atoms with Crippen LogP contribution in [0.25, 0.3) is 0 Å². The molecule has 9 nitrogen and oxygen atoms in total. The van der Waals surface area contributed by atoms with Crippen molar-refractivity contribution in [3.63, 3.8) is 0 Å². The molecular formula is C8H10FN3O6S2. The molecule has 4 N–H and O–H groups in total. The van der Waals surface area contributed by atoms with Crippen LogP contribution in [0.4, 0.5) is 14.9 Å². The summed E-state index contributed by atoms with van der Waals surface area (Å²) in [4.78, 5) is 10.3. The van der Waals surface area contributed by atoms with Gasteiger partial charge in [0.25, 0.3) is 0 Å². The van der Waals surface area contributed by atoms with E-state index in [-0.39, 0.29) is 0 Å². The van der Waals surface area contributed by atoms with Gasteiger partial charge in [-0.05, 0) is 18.2 Å². The number of primary sulfonamides is 1. The molecule has 0 heterocycles. The van der Waals surface area contributed by atoms with Gasteiger partial charge in [-0.15, -0.1) is 0 Å². The fraction of sp³-hybridized carbons (Fsp3) is 0.125. The topological polar surface area (TPSA) is 145 Å². The zero-order valence-electron chi connectivity index (χ0n) is 9.95. The minimum atomic E-state index is -4.48. The fourth-order valence-corrected chi connectivity index (χ4v) is 2.42. The Bertz CT molecular complexity index is 731. The van der Waals surface area contributed by atoms with Crippen molar-refractivity contribution >= 4 is 32.0 Å². The summed E-state index contributed by atoms with van der Waals surface area (Å²) in [5.41, 5.74) is -0.701. The Hall–Kier alpha value is -1.92. The van der Waals surface area contributed by atoms with Gasteiger partial charge in [-0.3, -0.25) is 4.72 Å². The van der Waals surface area contributed by atoms with E-state index in [1.807, 2.05) is 0 Å². The SMILES string of the molecule is COC(=O)NS(=O)(=O)Nc1cc(S(N)(=O)=O)ccc1F. The van der Waals surface area contributed by atoms with Gasteiger partial charge < -0.3 is 4.74 Å². The summed E-state index contributed by atoms with van der Waals surface area (Å²) in [6.07, 6.45) is -1.31. The highest BCUT2D eigenvalue weighted by molar-refractivity contribution is 7.91. The van der Waals surface area contributed by atoms with E-state index in [1.165, 1.54) is 4.72 Å². The van der Waals surface area contributed by atoms with Crippen LogP contribution in [-0.4, -0.2) is 30.0 Å². The number of carbonyl (C=O) groups is 1. The summed E-state index contributed by atoms with van der Waals surface area (Å²) in [7, 11) is -7.70. The molecule has 0 bridgehead atoms. The molecule has 112 valence electrons. The average molecular weight is 327 g/mol. The van der Waals surface area contributed by atoms with E-state index in [2.05, 4.69) is 4.74 Å². The molecule has 0 aliphatic carbocycles. The maximum Gasteiger partial charge on any atom is 0.422 e. The molecule has 0 unspecified atom stereocenters. The summed E-state index contributed by atoms with van der Waals surface area (Å²) in [5.74, 6) is -1.06. The number of amides is 1. The number of anilines is 1. The van der Waals surface area contributed by atoms with Gasteiger partial charge in [0, 0.05) is 0 Å². The van der Waals surface area contributed by atoms with E-state index in [9.17, 15) is 26.0 Å². The molecule has 20 heavy (non-hydrogen) atoms. The van der Waals surface area contributed by atoms with Crippen LogP contribution < -0.4 is 14.6 Å². The number of rotatable bonds is 4. The second-order valence-electron chi connectivity index (χ2n) is 3.39. The van der Waals surface area contributed by atoms with Crippen LogP contribution in [0.1, 0.15) is 0 Å². The largest absolute Gasteiger partial charge is 0.452 e. The summed E-state index contributed by atoms with van der Waals surface area (Å²) < 4.78 is 65.4. The first kappa shape index (κ1) is 16.1. The van der Waals surface area contributed by atoms with E-state index in [0.717, 1.165) is 13.2 Å². The maximum absolute atomic E-state index is 13.4. The zero-order chi connectivity index (χ0) is 15.6. The standard InChI is InChI=1S/C8H10FN3O6S2/c1-18-8(13)12-20(16,17)11-7-4-5(19(10,14)15)2-3-6(7)9/h2-4,11H,1H3,(H,12,13)(H2,10,14,15). The van der Waals surface area contributed by atoms with Gasteiger partial charge in [-0.2, -0.15) is 8.42 Å². The van der Waals surface area contributed by atoms with Gasteiger partial charge in [0.1, 0.15) is 5.82 Å². The van der Waals surface area contributed by atoms with Gasteiger partial charge in [-0.1, -0.05) is 0 Å². The first-order valence-electron chi connectivity index (χ1n) is 4.76. The monoisotopic (exact) mass is 327 g/mol. The summed E-state index contributed by atoms with van der Waals surface area (Å²) in [6, 6.07) is 2.23. The predicted molar refractivity (Wildman–Crippen MR) is 65.9 cm³/mol. The number of hydrogen-bond acceptors (Lipinski definition) is 6. The zero-order valence-corrected chi connectivity index (χ0v) is 11.6. The van der Waals surface area contributed by atoms with Crippen LogP contribution in [0.2, 0.25) is 0 Å². The second kappa shape index (κ2) is 5.60. The van der Waals surface area contributed by atoms with Crippen molar-refractivity contribution in [2.24, 2.45) is 5.14 Å². The third-order valence-electron chi connectivity index (χ3n) is 1.91.